The average Bonchev–Trinajstić information content (AvgIpc) is 2.80. The van der Waals surface area contributed by atoms with Gasteiger partial charge in [0.05, 0.1) is 4.90 Å². The summed E-state index contributed by atoms with van der Waals surface area (Å²) < 4.78 is 28.7. The van der Waals surface area contributed by atoms with E-state index in [4.69, 9.17) is 0 Å². The van der Waals surface area contributed by atoms with Crippen LogP contribution in [0.2, 0.25) is 0 Å². The Labute approximate surface area is 217 Å². The van der Waals surface area contributed by atoms with Gasteiger partial charge in [-0.3, -0.25) is 0 Å². The van der Waals surface area contributed by atoms with Crippen molar-refractivity contribution in [1.82, 2.24) is 4.72 Å². The summed E-state index contributed by atoms with van der Waals surface area (Å²) >= 11 is 0. The van der Waals surface area contributed by atoms with Crippen molar-refractivity contribution < 1.29 is 8.42 Å². The van der Waals surface area contributed by atoms with Gasteiger partial charge >= 0.3 is 0 Å². The van der Waals surface area contributed by atoms with E-state index in [0.717, 1.165) is 16.7 Å². The summed E-state index contributed by atoms with van der Waals surface area (Å²) in [7, 11) is -3.79. The smallest absolute Gasteiger partial charge is 0.207 e. The Balaban J connectivity index is 1.93. The Bertz CT molecular complexity index is 1340. The molecule has 1 N–H and O–H groups in total. The van der Waals surface area contributed by atoms with Gasteiger partial charge in [0, 0.05) is 11.1 Å². The summed E-state index contributed by atoms with van der Waals surface area (Å²) in [5.74, 6) is 12.2. The van der Waals surface area contributed by atoms with Crippen LogP contribution in [0, 0.1) is 30.6 Å². The van der Waals surface area contributed by atoms with Crippen LogP contribution in [0.25, 0.3) is 0 Å². The van der Waals surface area contributed by atoms with Crippen molar-refractivity contribution in [2.45, 2.75) is 70.2 Å². The fourth-order valence-electron chi connectivity index (χ4n) is 3.45. The highest BCUT2D eigenvalue weighted by molar-refractivity contribution is 7.89. The van der Waals surface area contributed by atoms with Crippen LogP contribution >= 0.6 is 0 Å². The van der Waals surface area contributed by atoms with Gasteiger partial charge in [0.1, 0.15) is 6.04 Å². The van der Waals surface area contributed by atoms with E-state index in [2.05, 4.69) is 94.2 Å². The van der Waals surface area contributed by atoms with Crippen LogP contribution in [-0.4, -0.2) is 14.5 Å². The van der Waals surface area contributed by atoms with E-state index in [1.165, 1.54) is 11.1 Å². The summed E-state index contributed by atoms with van der Waals surface area (Å²) in [5.41, 5.74) is 5.12. The van der Waals surface area contributed by atoms with E-state index >= 15 is 0 Å². The van der Waals surface area contributed by atoms with Crippen molar-refractivity contribution in [2.75, 3.05) is 0 Å². The minimum absolute atomic E-state index is 0.0478. The third kappa shape index (κ3) is 7.59. The van der Waals surface area contributed by atoms with Gasteiger partial charge in [-0.15, -0.1) is 0 Å². The van der Waals surface area contributed by atoms with E-state index in [1.54, 1.807) is 24.3 Å². The quantitative estimate of drug-likeness (QED) is 0.429. The Morgan fingerprint density at radius 3 is 1.39 bits per heavy atom. The molecule has 0 bridgehead atoms. The fraction of sp³-hybridized carbons (Fsp3) is 0.312. The van der Waals surface area contributed by atoms with E-state index in [0.29, 0.717) is 0 Å². The van der Waals surface area contributed by atoms with Crippen molar-refractivity contribution >= 4 is 10.0 Å². The molecule has 0 radical (unpaired) electrons. The van der Waals surface area contributed by atoms with Crippen LogP contribution < -0.4 is 4.72 Å². The molecule has 3 nitrogen and oxygen atoms in total. The molecule has 186 valence electrons. The van der Waals surface area contributed by atoms with Gasteiger partial charge in [0.15, 0.2) is 0 Å². The van der Waals surface area contributed by atoms with E-state index < -0.39 is 16.1 Å². The Morgan fingerprint density at radius 2 is 1.03 bits per heavy atom. The first-order valence-electron chi connectivity index (χ1n) is 12.1. The predicted octanol–water partition coefficient (Wildman–Crippen LogP) is 6.34. The highest BCUT2D eigenvalue weighted by Gasteiger charge is 2.18. The number of rotatable bonds is 3. The Hall–Kier alpha value is -3.31. The lowest BCUT2D eigenvalue weighted by molar-refractivity contribution is 0.582. The maximum absolute atomic E-state index is 13.0. The molecule has 0 unspecified atom stereocenters. The van der Waals surface area contributed by atoms with Crippen LogP contribution in [-0.2, 0) is 20.9 Å². The number of hydrogen-bond acceptors (Lipinski definition) is 2. The number of aryl methyl sites for hydroxylation is 1. The topological polar surface area (TPSA) is 46.2 Å². The molecule has 0 aliphatic carbocycles. The molecule has 36 heavy (non-hydrogen) atoms. The van der Waals surface area contributed by atoms with Gasteiger partial charge in [-0.1, -0.05) is 107 Å². The largest absolute Gasteiger partial charge is 0.242 e. The van der Waals surface area contributed by atoms with Gasteiger partial charge in [-0.05, 0) is 65.3 Å². The molecule has 0 aliphatic rings. The Morgan fingerprint density at radius 1 is 0.639 bits per heavy atom. The lowest BCUT2D eigenvalue weighted by Gasteiger charge is -2.18. The van der Waals surface area contributed by atoms with E-state index in [9.17, 15) is 8.42 Å². The number of nitrogens with one attached hydrogen (secondary N) is 1. The summed E-state index contributed by atoms with van der Waals surface area (Å²) in [5, 5.41) is 0. The van der Waals surface area contributed by atoms with Crippen molar-refractivity contribution in [3.05, 3.63) is 101 Å². The van der Waals surface area contributed by atoms with Gasteiger partial charge < -0.3 is 0 Å². The zero-order valence-electron chi connectivity index (χ0n) is 22.2. The molecule has 0 amide bonds. The first-order chi connectivity index (χ1) is 16.7. The third-order valence-corrected chi connectivity index (χ3v) is 7.27. The second-order valence-corrected chi connectivity index (χ2v) is 12.8. The molecule has 3 aromatic rings. The molecule has 0 fully saturated rings. The molecule has 0 saturated heterocycles. The number of benzene rings is 3. The molecule has 0 heterocycles. The molecule has 0 spiro atoms. The van der Waals surface area contributed by atoms with Crippen molar-refractivity contribution in [3.8, 4) is 23.7 Å². The highest BCUT2D eigenvalue weighted by Crippen LogP contribution is 2.23. The van der Waals surface area contributed by atoms with Gasteiger partial charge in [0.25, 0.3) is 0 Å². The summed E-state index contributed by atoms with van der Waals surface area (Å²) in [6, 6.07) is 21.9. The monoisotopic (exact) mass is 497 g/mol. The van der Waals surface area contributed by atoms with Gasteiger partial charge in [-0.25, -0.2) is 8.42 Å². The number of sulfonamides is 1. The van der Waals surface area contributed by atoms with Crippen molar-refractivity contribution in [3.63, 3.8) is 0 Å². The van der Waals surface area contributed by atoms with Crippen LogP contribution in [0.5, 0.6) is 0 Å². The van der Waals surface area contributed by atoms with Crippen LogP contribution in [0.15, 0.2) is 77.7 Å². The molecule has 0 saturated carbocycles. The van der Waals surface area contributed by atoms with E-state index in [-0.39, 0.29) is 15.7 Å². The minimum atomic E-state index is -3.79. The molecule has 4 heteroatoms. The van der Waals surface area contributed by atoms with Crippen LogP contribution in [0.4, 0.5) is 0 Å². The van der Waals surface area contributed by atoms with Crippen molar-refractivity contribution in [1.29, 1.82) is 0 Å². The molecular formula is C32H35NO2S. The second kappa shape index (κ2) is 10.8. The predicted molar refractivity (Wildman–Crippen MR) is 149 cm³/mol. The fourth-order valence-corrected chi connectivity index (χ4v) is 4.51. The summed E-state index contributed by atoms with van der Waals surface area (Å²) in [4.78, 5) is 0.186. The zero-order chi connectivity index (χ0) is 26.6. The second-order valence-electron chi connectivity index (χ2n) is 11.1. The first-order valence-corrected chi connectivity index (χ1v) is 13.6. The van der Waals surface area contributed by atoms with Crippen LogP contribution in [0.1, 0.15) is 69.4 Å². The number of hydrogen-bond donors (Lipinski definition) is 1. The first kappa shape index (κ1) is 27.3. The summed E-state index contributed by atoms with van der Waals surface area (Å²) in [6.07, 6.45) is 0. The molecular weight excluding hydrogens is 462 g/mol. The summed E-state index contributed by atoms with van der Waals surface area (Å²) in [6.45, 7) is 14.9. The van der Waals surface area contributed by atoms with Crippen molar-refractivity contribution in [2.24, 2.45) is 0 Å². The Kier molecular flexibility index (Phi) is 8.15. The third-order valence-electron chi connectivity index (χ3n) is 5.83. The lowest BCUT2D eigenvalue weighted by Crippen LogP contribution is -2.32. The SMILES string of the molecule is Cc1ccc(S(=O)(=O)NC(C#Cc2ccc(C(C)(C)C)cc2)C#Cc2ccc(C(C)(C)C)cc2)cc1. The zero-order valence-corrected chi connectivity index (χ0v) is 23.0. The standard InChI is InChI=1S/C32H35NO2S/c1-24-8-22-30(23-9-24)36(34,35)33-29(20-14-25-10-16-27(17-11-25)31(2,3)4)21-15-26-12-18-28(19-13-26)32(5,6)7/h8-13,16-19,22-23,29,33H,1-7H3. The molecule has 3 rings (SSSR count). The van der Waals surface area contributed by atoms with E-state index in [1.807, 2.05) is 31.2 Å². The minimum Gasteiger partial charge on any atom is -0.207 e. The maximum Gasteiger partial charge on any atom is 0.242 e. The van der Waals surface area contributed by atoms with Gasteiger partial charge in [0.2, 0.25) is 10.0 Å². The maximum atomic E-state index is 13.0. The van der Waals surface area contributed by atoms with Crippen LogP contribution in [0.3, 0.4) is 0 Å². The lowest BCUT2D eigenvalue weighted by atomic mass is 9.87. The highest BCUT2D eigenvalue weighted by atomic mass is 32.2. The molecule has 0 atom stereocenters. The average molecular weight is 498 g/mol. The normalized spacial score (nSPS) is 11.9. The molecule has 0 aliphatic heterocycles. The van der Waals surface area contributed by atoms with Gasteiger partial charge in [-0.2, -0.15) is 4.72 Å². The molecule has 3 aromatic carbocycles. The molecule has 0 aromatic heterocycles.